The largest absolute Gasteiger partial charge is 0.338 e. The molecule has 0 aliphatic carbocycles. The smallest absolute Gasteiger partial charge is 0.243 e. The lowest BCUT2D eigenvalue weighted by Crippen LogP contribution is -2.46. The number of carbonyl (C=O) groups is 1. The third-order valence-electron chi connectivity index (χ3n) is 4.33. The van der Waals surface area contributed by atoms with Gasteiger partial charge in [-0.05, 0) is 45.7 Å². The van der Waals surface area contributed by atoms with Gasteiger partial charge in [0.2, 0.25) is 11.8 Å². The highest BCUT2D eigenvalue weighted by Gasteiger charge is 2.32. The van der Waals surface area contributed by atoms with Crippen LogP contribution in [-0.4, -0.2) is 44.4 Å². The number of aryl methyl sites for hydroxylation is 2. The van der Waals surface area contributed by atoms with Gasteiger partial charge in [0.15, 0.2) is 0 Å². The second-order valence-corrected chi connectivity index (χ2v) is 6.27. The molecule has 3 rings (SSSR count). The molecule has 23 heavy (non-hydrogen) atoms. The molecular weight excluding hydrogens is 294 g/mol. The van der Waals surface area contributed by atoms with Crippen molar-refractivity contribution in [3.63, 3.8) is 0 Å². The molecule has 124 valence electrons. The normalized spacial score (nSPS) is 19.9. The topological polar surface area (TPSA) is 76.2 Å². The lowest BCUT2D eigenvalue weighted by molar-refractivity contribution is -0.121. The average molecular weight is 317 g/mol. The summed E-state index contributed by atoms with van der Waals surface area (Å²) in [5.74, 6) is 0.336. The molecule has 0 saturated carbocycles. The fourth-order valence-electron chi connectivity index (χ4n) is 3.15. The molecule has 1 fully saturated rings. The highest BCUT2D eigenvalue weighted by molar-refractivity contribution is 5.93. The van der Waals surface area contributed by atoms with Gasteiger partial charge in [-0.3, -0.25) is 19.7 Å². The zero-order valence-corrected chi connectivity index (χ0v) is 13.8. The Balaban J connectivity index is 1.62. The van der Waals surface area contributed by atoms with Gasteiger partial charge in [0.05, 0.1) is 24.5 Å². The van der Waals surface area contributed by atoms with Crippen molar-refractivity contribution >= 4 is 11.8 Å². The molecule has 2 aromatic rings. The van der Waals surface area contributed by atoms with Gasteiger partial charge in [0, 0.05) is 18.3 Å². The first-order chi connectivity index (χ1) is 11.0. The predicted molar refractivity (Wildman–Crippen MR) is 86.0 cm³/mol. The summed E-state index contributed by atoms with van der Waals surface area (Å²) in [6.45, 7) is 7.53. The number of rotatable bonds is 5. The fourth-order valence-corrected chi connectivity index (χ4v) is 3.15. The van der Waals surface area contributed by atoms with Crippen LogP contribution in [0, 0.1) is 13.8 Å². The van der Waals surface area contributed by atoms with Crippen LogP contribution in [0.2, 0.25) is 0 Å². The molecule has 7 nitrogen and oxygen atoms in total. The first-order valence-corrected chi connectivity index (χ1v) is 8.02. The summed E-state index contributed by atoms with van der Waals surface area (Å²) in [6, 6.07) is 1.83. The number of amides is 1. The summed E-state index contributed by atoms with van der Waals surface area (Å²) in [7, 11) is 0. The predicted octanol–water partition coefficient (Wildman–Crippen LogP) is 1.98. The Morgan fingerprint density at radius 3 is 3.00 bits per heavy atom. The lowest BCUT2D eigenvalue weighted by atomic mass is 10.2. The minimum Gasteiger partial charge on any atom is -0.338 e. The van der Waals surface area contributed by atoms with Gasteiger partial charge in [0.1, 0.15) is 0 Å². The van der Waals surface area contributed by atoms with Crippen molar-refractivity contribution < 1.29 is 9.32 Å². The van der Waals surface area contributed by atoms with Crippen LogP contribution in [0.5, 0.6) is 0 Å². The van der Waals surface area contributed by atoms with Crippen molar-refractivity contribution in [1.82, 2.24) is 19.8 Å². The van der Waals surface area contributed by atoms with E-state index in [9.17, 15) is 4.79 Å². The highest BCUT2D eigenvalue weighted by atomic mass is 16.5. The summed E-state index contributed by atoms with van der Waals surface area (Å²) < 4.78 is 7.02. The zero-order valence-electron chi connectivity index (χ0n) is 13.8. The average Bonchev–Trinajstić information content (AvgIpc) is 3.22. The van der Waals surface area contributed by atoms with Crippen LogP contribution in [-0.2, 0) is 11.3 Å². The summed E-state index contributed by atoms with van der Waals surface area (Å²) >= 11 is 0. The van der Waals surface area contributed by atoms with Gasteiger partial charge in [-0.2, -0.15) is 5.10 Å². The van der Waals surface area contributed by atoms with Crippen LogP contribution in [0.1, 0.15) is 31.0 Å². The number of aromatic nitrogens is 3. The lowest BCUT2D eigenvalue weighted by Gasteiger charge is -2.29. The SMILES string of the molecule is Cc1cnn(C[C@@H]2CCCN2[C@H](C)C(=O)Nc2cc(C)no2)c1. The second kappa shape index (κ2) is 6.54. The number of anilines is 1. The molecule has 0 bridgehead atoms. The molecule has 0 spiro atoms. The van der Waals surface area contributed by atoms with Crippen molar-refractivity contribution in [2.24, 2.45) is 0 Å². The molecule has 2 aromatic heterocycles. The molecule has 7 heteroatoms. The van der Waals surface area contributed by atoms with Gasteiger partial charge in [-0.1, -0.05) is 5.16 Å². The van der Waals surface area contributed by atoms with E-state index < -0.39 is 0 Å². The van der Waals surface area contributed by atoms with Crippen molar-refractivity contribution in [2.75, 3.05) is 11.9 Å². The number of likely N-dealkylation sites (tertiary alicyclic amines) is 1. The van der Waals surface area contributed by atoms with E-state index in [1.54, 1.807) is 6.07 Å². The monoisotopic (exact) mass is 317 g/mol. The Kier molecular flexibility index (Phi) is 4.47. The van der Waals surface area contributed by atoms with Crippen molar-refractivity contribution in [2.45, 2.75) is 52.2 Å². The van der Waals surface area contributed by atoms with Gasteiger partial charge in [-0.15, -0.1) is 0 Å². The fraction of sp³-hybridized carbons (Fsp3) is 0.562. The third-order valence-corrected chi connectivity index (χ3v) is 4.33. The maximum atomic E-state index is 12.4. The van der Waals surface area contributed by atoms with Crippen molar-refractivity contribution in [1.29, 1.82) is 0 Å². The van der Waals surface area contributed by atoms with Gasteiger partial charge < -0.3 is 4.52 Å². The Labute approximate surface area is 135 Å². The molecule has 0 unspecified atom stereocenters. The molecule has 3 heterocycles. The number of hydrogen-bond acceptors (Lipinski definition) is 5. The maximum absolute atomic E-state index is 12.4. The number of carbonyl (C=O) groups excluding carboxylic acids is 1. The van der Waals surface area contributed by atoms with E-state index >= 15 is 0 Å². The van der Waals surface area contributed by atoms with E-state index in [0.717, 1.165) is 37.2 Å². The van der Waals surface area contributed by atoms with Gasteiger partial charge in [-0.25, -0.2) is 0 Å². The van der Waals surface area contributed by atoms with Crippen LogP contribution >= 0.6 is 0 Å². The van der Waals surface area contributed by atoms with Crippen LogP contribution in [0.25, 0.3) is 0 Å². The Hall–Kier alpha value is -2.15. The zero-order chi connectivity index (χ0) is 16.4. The highest BCUT2D eigenvalue weighted by Crippen LogP contribution is 2.22. The maximum Gasteiger partial charge on any atom is 0.243 e. The number of nitrogens with zero attached hydrogens (tertiary/aromatic N) is 4. The Bertz CT molecular complexity index is 678. The van der Waals surface area contributed by atoms with E-state index in [2.05, 4.69) is 20.5 Å². The summed E-state index contributed by atoms with van der Waals surface area (Å²) in [6.07, 6.45) is 6.09. The molecule has 0 aromatic carbocycles. The first kappa shape index (κ1) is 15.7. The Morgan fingerprint density at radius 2 is 2.35 bits per heavy atom. The summed E-state index contributed by atoms with van der Waals surface area (Å²) in [5, 5.41) is 10.9. The Morgan fingerprint density at radius 1 is 1.52 bits per heavy atom. The van der Waals surface area contributed by atoms with E-state index in [0.29, 0.717) is 11.9 Å². The molecule has 1 N–H and O–H groups in total. The van der Waals surface area contributed by atoms with Gasteiger partial charge in [0.25, 0.3) is 0 Å². The molecular formula is C16H23N5O2. The van der Waals surface area contributed by atoms with Gasteiger partial charge >= 0.3 is 0 Å². The van der Waals surface area contributed by atoms with Crippen LogP contribution in [0.3, 0.4) is 0 Å². The quantitative estimate of drug-likeness (QED) is 0.912. The van der Waals surface area contributed by atoms with E-state index in [-0.39, 0.29) is 11.9 Å². The molecule has 2 atom stereocenters. The molecule has 0 radical (unpaired) electrons. The van der Waals surface area contributed by atoms with E-state index in [1.807, 2.05) is 37.8 Å². The van der Waals surface area contributed by atoms with Crippen LogP contribution < -0.4 is 5.32 Å². The minimum absolute atomic E-state index is 0.0651. The van der Waals surface area contributed by atoms with E-state index in [4.69, 9.17) is 4.52 Å². The van der Waals surface area contributed by atoms with Crippen LogP contribution in [0.4, 0.5) is 5.88 Å². The van der Waals surface area contributed by atoms with Crippen molar-refractivity contribution in [3.8, 4) is 0 Å². The van der Waals surface area contributed by atoms with E-state index in [1.165, 1.54) is 0 Å². The molecule has 1 aliphatic rings. The summed E-state index contributed by atoms with van der Waals surface area (Å²) in [4.78, 5) is 14.7. The first-order valence-electron chi connectivity index (χ1n) is 8.02. The summed E-state index contributed by atoms with van der Waals surface area (Å²) in [5.41, 5.74) is 1.90. The van der Waals surface area contributed by atoms with Crippen molar-refractivity contribution in [3.05, 3.63) is 29.7 Å². The minimum atomic E-state index is -0.218. The molecule has 1 amide bonds. The molecule has 1 saturated heterocycles. The standard InChI is InChI=1S/C16H23N5O2/c1-11-8-17-20(9-11)10-14-5-4-6-21(14)13(3)16(22)18-15-7-12(2)19-23-15/h7-9,13-14H,4-6,10H2,1-3H3,(H,18,22)/t13-,14+/m1/s1. The second-order valence-electron chi connectivity index (χ2n) is 6.27. The molecule has 1 aliphatic heterocycles. The number of hydrogen-bond donors (Lipinski definition) is 1. The van der Waals surface area contributed by atoms with Crippen LogP contribution in [0.15, 0.2) is 23.0 Å². The number of nitrogens with one attached hydrogen (secondary N) is 1. The third kappa shape index (κ3) is 3.61.